The molecule has 0 spiro atoms. The van der Waals surface area contributed by atoms with E-state index in [9.17, 15) is 4.79 Å². The van der Waals surface area contributed by atoms with Crippen LogP contribution >= 0.6 is 0 Å². The summed E-state index contributed by atoms with van der Waals surface area (Å²) in [6, 6.07) is 2.06. The van der Waals surface area contributed by atoms with Gasteiger partial charge in [0.1, 0.15) is 5.69 Å². The summed E-state index contributed by atoms with van der Waals surface area (Å²) in [6.45, 7) is 2.23. The summed E-state index contributed by atoms with van der Waals surface area (Å²) < 4.78 is 0. The predicted molar refractivity (Wildman–Crippen MR) is 68.7 cm³/mol. The van der Waals surface area contributed by atoms with Crippen LogP contribution in [0.2, 0.25) is 0 Å². The van der Waals surface area contributed by atoms with E-state index < -0.39 is 0 Å². The second kappa shape index (κ2) is 4.82. The Labute approximate surface area is 102 Å². The molecule has 0 bridgehead atoms. The summed E-state index contributed by atoms with van der Waals surface area (Å²) >= 11 is 0. The van der Waals surface area contributed by atoms with E-state index in [1.165, 1.54) is 19.3 Å². The molecule has 2 rings (SSSR count). The number of carbonyl (C=O) groups excluding carboxylic acids is 1. The SMILES string of the molecule is CC1CCCCC1N(C)C(=O)c1cc(N)c[nH]1. The van der Waals surface area contributed by atoms with Crippen molar-refractivity contribution in [3.63, 3.8) is 0 Å². The average molecular weight is 235 g/mol. The molecular formula is C13H21N3O. The van der Waals surface area contributed by atoms with Gasteiger partial charge in [0.2, 0.25) is 0 Å². The number of nitrogen functional groups attached to an aromatic ring is 1. The second-order valence-corrected chi connectivity index (χ2v) is 5.09. The molecular weight excluding hydrogens is 214 g/mol. The molecule has 94 valence electrons. The normalized spacial score (nSPS) is 24.6. The number of rotatable bonds is 2. The second-order valence-electron chi connectivity index (χ2n) is 5.09. The van der Waals surface area contributed by atoms with Crippen LogP contribution in [0.3, 0.4) is 0 Å². The molecule has 1 saturated carbocycles. The Kier molecular flexibility index (Phi) is 3.41. The molecule has 1 heterocycles. The van der Waals surface area contributed by atoms with Crippen LogP contribution in [-0.4, -0.2) is 28.9 Å². The fourth-order valence-electron chi connectivity index (χ4n) is 2.75. The maximum absolute atomic E-state index is 12.2. The number of aromatic amines is 1. The fraction of sp³-hybridized carbons (Fsp3) is 0.615. The van der Waals surface area contributed by atoms with E-state index in [1.807, 2.05) is 11.9 Å². The van der Waals surface area contributed by atoms with Gasteiger partial charge in [-0.2, -0.15) is 0 Å². The zero-order valence-corrected chi connectivity index (χ0v) is 10.6. The van der Waals surface area contributed by atoms with E-state index in [4.69, 9.17) is 5.73 Å². The van der Waals surface area contributed by atoms with E-state index in [0.29, 0.717) is 23.3 Å². The first-order chi connectivity index (χ1) is 8.09. The van der Waals surface area contributed by atoms with Gasteiger partial charge in [0, 0.05) is 25.0 Å². The van der Waals surface area contributed by atoms with Crippen LogP contribution in [0.1, 0.15) is 43.1 Å². The lowest BCUT2D eigenvalue weighted by molar-refractivity contribution is 0.0624. The van der Waals surface area contributed by atoms with Crippen molar-refractivity contribution < 1.29 is 4.79 Å². The topological polar surface area (TPSA) is 62.1 Å². The van der Waals surface area contributed by atoms with E-state index in [0.717, 1.165) is 6.42 Å². The van der Waals surface area contributed by atoms with Crippen molar-refractivity contribution in [1.29, 1.82) is 0 Å². The van der Waals surface area contributed by atoms with E-state index in [2.05, 4.69) is 11.9 Å². The van der Waals surface area contributed by atoms with E-state index in [1.54, 1.807) is 12.3 Å². The Morgan fingerprint density at radius 3 is 2.76 bits per heavy atom. The number of nitrogens with zero attached hydrogens (tertiary/aromatic N) is 1. The zero-order chi connectivity index (χ0) is 12.4. The monoisotopic (exact) mass is 235 g/mol. The third-order valence-corrected chi connectivity index (χ3v) is 3.82. The van der Waals surface area contributed by atoms with E-state index >= 15 is 0 Å². The van der Waals surface area contributed by atoms with Crippen molar-refractivity contribution in [2.45, 2.75) is 38.6 Å². The van der Waals surface area contributed by atoms with Crippen molar-refractivity contribution in [3.8, 4) is 0 Å². The minimum absolute atomic E-state index is 0.0421. The van der Waals surface area contributed by atoms with Gasteiger partial charge in [-0.1, -0.05) is 19.8 Å². The van der Waals surface area contributed by atoms with Gasteiger partial charge in [-0.15, -0.1) is 0 Å². The quantitative estimate of drug-likeness (QED) is 0.825. The number of nitrogens with one attached hydrogen (secondary N) is 1. The van der Waals surface area contributed by atoms with Gasteiger partial charge < -0.3 is 15.6 Å². The number of nitrogens with two attached hydrogens (primary N) is 1. The largest absolute Gasteiger partial charge is 0.397 e. The first-order valence-electron chi connectivity index (χ1n) is 6.30. The summed E-state index contributed by atoms with van der Waals surface area (Å²) in [5.74, 6) is 0.630. The number of hydrogen-bond acceptors (Lipinski definition) is 2. The lowest BCUT2D eigenvalue weighted by atomic mass is 9.85. The molecule has 0 radical (unpaired) electrons. The highest BCUT2D eigenvalue weighted by Gasteiger charge is 2.28. The predicted octanol–water partition coefficient (Wildman–Crippen LogP) is 2.25. The number of hydrogen-bond donors (Lipinski definition) is 2. The third kappa shape index (κ3) is 2.46. The Bertz CT molecular complexity index is 399. The summed E-state index contributed by atoms with van der Waals surface area (Å²) in [5, 5.41) is 0. The zero-order valence-electron chi connectivity index (χ0n) is 10.6. The number of amides is 1. The number of anilines is 1. The maximum atomic E-state index is 12.2. The molecule has 17 heavy (non-hydrogen) atoms. The molecule has 4 nitrogen and oxygen atoms in total. The Hall–Kier alpha value is -1.45. The Balaban J connectivity index is 2.08. The van der Waals surface area contributed by atoms with Crippen molar-refractivity contribution >= 4 is 11.6 Å². The molecule has 1 aliphatic rings. The third-order valence-electron chi connectivity index (χ3n) is 3.82. The maximum Gasteiger partial charge on any atom is 0.270 e. The molecule has 2 unspecified atom stereocenters. The molecule has 4 heteroatoms. The highest BCUT2D eigenvalue weighted by Crippen LogP contribution is 2.28. The number of carbonyl (C=O) groups is 1. The lowest BCUT2D eigenvalue weighted by Crippen LogP contribution is -2.42. The minimum Gasteiger partial charge on any atom is -0.397 e. The molecule has 1 aliphatic carbocycles. The molecule has 0 aromatic carbocycles. The number of aromatic nitrogens is 1. The Morgan fingerprint density at radius 1 is 1.47 bits per heavy atom. The first-order valence-corrected chi connectivity index (χ1v) is 6.30. The van der Waals surface area contributed by atoms with Crippen molar-refractivity contribution in [1.82, 2.24) is 9.88 Å². The van der Waals surface area contributed by atoms with Crippen molar-refractivity contribution in [2.75, 3.05) is 12.8 Å². The van der Waals surface area contributed by atoms with Crippen molar-refractivity contribution in [3.05, 3.63) is 18.0 Å². The van der Waals surface area contributed by atoms with Crippen LogP contribution in [0.15, 0.2) is 12.3 Å². The molecule has 0 saturated heterocycles. The molecule has 1 aromatic heterocycles. The summed E-state index contributed by atoms with van der Waals surface area (Å²) in [7, 11) is 1.89. The standard InChI is InChI=1S/C13H21N3O/c1-9-5-3-4-6-12(9)16(2)13(17)11-7-10(14)8-15-11/h7-9,12,15H,3-6,14H2,1-2H3. The number of H-pyrrole nitrogens is 1. The van der Waals surface area contributed by atoms with Gasteiger partial charge in [-0.3, -0.25) is 4.79 Å². The van der Waals surface area contributed by atoms with Gasteiger partial charge in [-0.25, -0.2) is 0 Å². The van der Waals surface area contributed by atoms with Crippen molar-refractivity contribution in [2.24, 2.45) is 5.92 Å². The highest BCUT2D eigenvalue weighted by atomic mass is 16.2. The van der Waals surface area contributed by atoms with Crippen LogP contribution in [0.5, 0.6) is 0 Å². The van der Waals surface area contributed by atoms with Gasteiger partial charge in [0.15, 0.2) is 0 Å². The average Bonchev–Trinajstić information content (AvgIpc) is 2.75. The van der Waals surface area contributed by atoms with Crippen LogP contribution < -0.4 is 5.73 Å². The highest BCUT2D eigenvalue weighted by molar-refractivity contribution is 5.93. The summed E-state index contributed by atoms with van der Waals surface area (Å²) in [4.78, 5) is 17.0. The molecule has 0 aliphatic heterocycles. The lowest BCUT2D eigenvalue weighted by Gasteiger charge is -2.36. The summed E-state index contributed by atoms with van der Waals surface area (Å²) in [6.07, 6.45) is 6.49. The van der Waals surface area contributed by atoms with Gasteiger partial charge in [0.25, 0.3) is 5.91 Å². The first kappa shape index (κ1) is 12.0. The smallest absolute Gasteiger partial charge is 0.270 e. The van der Waals surface area contributed by atoms with Crippen LogP contribution in [0.25, 0.3) is 0 Å². The minimum atomic E-state index is 0.0421. The Morgan fingerprint density at radius 2 is 2.18 bits per heavy atom. The van der Waals surface area contributed by atoms with Gasteiger partial charge in [0.05, 0.1) is 0 Å². The van der Waals surface area contributed by atoms with Crippen LogP contribution in [0.4, 0.5) is 5.69 Å². The molecule has 1 amide bonds. The van der Waals surface area contributed by atoms with Gasteiger partial charge in [-0.05, 0) is 24.8 Å². The molecule has 1 aromatic rings. The van der Waals surface area contributed by atoms with E-state index in [-0.39, 0.29) is 5.91 Å². The molecule has 2 atom stereocenters. The van der Waals surface area contributed by atoms with Crippen LogP contribution in [0, 0.1) is 5.92 Å². The van der Waals surface area contributed by atoms with Crippen LogP contribution in [-0.2, 0) is 0 Å². The van der Waals surface area contributed by atoms with Gasteiger partial charge >= 0.3 is 0 Å². The fourth-order valence-corrected chi connectivity index (χ4v) is 2.75. The summed E-state index contributed by atoms with van der Waals surface area (Å²) in [5.41, 5.74) is 6.82. The molecule has 3 N–H and O–H groups in total. The molecule has 1 fully saturated rings.